The van der Waals surface area contributed by atoms with E-state index in [0.717, 1.165) is 0 Å². The lowest BCUT2D eigenvalue weighted by Gasteiger charge is -2.37. The van der Waals surface area contributed by atoms with Gasteiger partial charge in [0.2, 0.25) is 0 Å². The maximum absolute atomic E-state index is 14.0. The van der Waals surface area contributed by atoms with E-state index in [9.17, 15) is 19.1 Å². The first-order valence-corrected chi connectivity index (χ1v) is 10.5. The molecular weight excluding hydrogens is 435 g/mol. The van der Waals surface area contributed by atoms with Crippen molar-refractivity contribution in [1.82, 2.24) is 4.57 Å². The lowest BCUT2D eigenvalue weighted by Crippen LogP contribution is -2.49. The molecule has 2 unspecified atom stereocenters. The second kappa shape index (κ2) is 8.82. The van der Waals surface area contributed by atoms with E-state index >= 15 is 0 Å². The molecular formula is C24H26ClFN2O4. The second-order valence-electron chi connectivity index (χ2n) is 8.68. The summed E-state index contributed by atoms with van der Waals surface area (Å²) in [7, 11) is 0. The summed E-state index contributed by atoms with van der Waals surface area (Å²) in [5.74, 6) is -2.10. The maximum atomic E-state index is 14.0. The van der Waals surface area contributed by atoms with Crippen LogP contribution in [-0.2, 0) is 15.1 Å². The molecule has 0 radical (unpaired) electrons. The number of carboxylic acid groups (broad SMARTS) is 1. The number of alkyl halides is 1. The van der Waals surface area contributed by atoms with Crippen LogP contribution in [0.5, 0.6) is 0 Å². The Morgan fingerprint density at radius 2 is 1.81 bits per heavy atom. The highest BCUT2D eigenvalue weighted by Gasteiger charge is 2.48. The fourth-order valence-electron chi connectivity index (χ4n) is 3.91. The number of benzene rings is 2. The molecule has 2 atom stereocenters. The smallest absolute Gasteiger partial charge is 0.412 e. The normalized spacial score (nSPS) is 14.6. The van der Waals surface area contributed by atoms with Gasteiger partial charge in [0.1, 0.15) is 5.60 Å². The number of nitrogens with zero attached hydrogens (tertiary/aromatic N) is 1. The number of carbonyl (C=O) groups excluding carboxylic acids is 1. The Morgan fingerprint density at radius 3 is 2.38 bits per heavy atom. The van der Waals surface area contributed by atoms with Gasteiger partial charge in [0.05, 0.1) is 17.9 Å². The summed E-state index contributed by atoms with van der Waals surface area (Å²) in [5, 5.41) is 14.2. The number of aliphatic carboxylic acids is 1. The lowest BCUT2D eigenvalue weighted by molar-refractivity contribution is -0.148. The summed E-state index contributed by atoms with van der Waals surface area (Å²) in [4.78, 5) is 25.1. The van der Waals surface area contributed by atoms with Gasteiger partial charge in [-0.25, -0.2) is 9.59 Å². The average Bonchev–Trinajstić information content (AvgIpc) is 3.13. The van der Waals surface area contributed by atoms with Gasteiger partial charge in [-0.15, -0.1) is 0 Å². The molecule has 0 bridgehead atoms. The van der Waals surface area contributed by atoms with Gasteiger partial charge in [0.15, 0.2) is 5.54 Å². The highest BCUT2D eigenvalue weighted by Crippen LogP contribution is 2.40. The predicted octanol–water partition coefficient (Wildman–Crippen LogP) is 6.08. The Balaban J connectivity index is 2.19. The van der Waals surface area contributed by atoms with Crippen molar-refractivity contribution in [3.63, 3.8) is 0 Å². The van der Waals surface area contributed by atoms with Crippen molar-refractivity contribution in [2.24, 2.45) is 5.92 Å². The molecule has 6 nitrogen and oxygen atoms in total. The predicted molar refractivity (Wildman–Crippen MR) is 123 cm³/mol. The molecule has 2 aromatic carbocycles. The molecule has 0 saturated heterocycles. The number of halogens is 2. The number of fused-ring (bicyclic) bond motifs is 1. The molecule has 8 heteroatoms. The molecule has 3 aromatic rings. The topological polar surface area (TPSA) is 80.6 Å². The van der Waals surface area contributed by atoms with Gasteiger partial charge in [-0.1, -0.05) is 36.7 Å². The molecule has 1 amide bonds. The third kappa shape index (κ3) is 4.30. The van der Waals surface area contributed by atoms with Gasteiger partial charge in [0, 0.05) is 22.5 Å². The highest BCUT2D eigenvalue weighted by atomic mass is 35.5. The Kier molecular flexibility index (Phi) is 6.51. The summed E-state index contributed by atoms with van der Waals surface area (Å²) >= 11 is 6.01. The number of carbonyl (C=O) groups is 2. The first-order valence-electron chi connectivity index (χ1n) is 10.2. The fraction of sp³-hybridized carbons (Fsp3) is 0.333. The number of hydrogen-bond acceptors (Lipinski definition) is 3. The standard InChI is InChI=1S/C24H26ClFN2O4/c1-15(14-26)24(21(29)30,16-8-10-17(25)11-9-16)28-13-12-18-19(6-5-7-20(18)28)27-22(31)32-23(2,3)4/h5-13,15H,14H2,1-4H3,(H,27,31)(H,29,30). The Labute approximate surface area is 190 Å². The first kappa shape index (κ1) is 23.6. The molecule has 1 aromatic heterocycles. The Hall–Kier alpha value is -3.06. The van der Waals surface area contributed by atoms with E-state index < -0.39 is 35.8 Å². The lowest BCUT2D eigenvalue weighted by atomic mass is 9.79. The van der Waals surface area contributed by atoms with Crippen molar-refractivity contribution in [2.75, 3.05) is 12.0 Å². The van der Waals surface area contributed by atoms with Crippen LogP contribution >= 0.6 is 11.6 Å². The number of amides is 1. The van der Waals surface area contributed by atoms with Crippen LogP contribution < -0.4 is 5.32 Å². The minimum Gasteiger partial charge on any atom is -0.479 e. The van der Waals surface area contributed by atoms with Crippen LogP contribution in [0.25, 0.3) is 10.9 Å². The molecule has 0 saturated carbocycles. The van der Waals surface area contributed by atoms with Crippen LogP contribution in [0.15, 0.2) is 54.7 Å². The van der Waals surface area contributed by atoms with E-state index in [4.69, 9.17) is 16.3 Å². The number of rotatable bonds is 6. The van der Waals surface area contributed by atoms with Crippen LogP contribution in [0.4, 0.5) is 14.9 Å². The molecule has 0 aliphatic carbocycles. The van der Waals surface area contributed by atoms with Gasteiger partial charge in [0.25, 0.3) is 0 Å². The summed E-state index contributed by atoms with van der Waals surface area (Å²) in [6.07, 6.45) is 0.969. The number of anilines is 1. The third-order valence-electron chi connectivity index (χ3n) is 5.30. The van der Waals surface area contributed by atoms with E-state index in [1.165, 1.54) is 0 Å². The largest absolute Gasteiger partial charge is 0.479 e. The number of nitrogens with one attached hydrogen (secondary N) is 1. The van der Waals surface area contributed by atoms with Crippen LogP contribution in [-0.4, -0.2) is 34.0 Å². The fourth-order valence-corrected chi connectivity index (χ4v) is 4.04. The zero-order valence-corrected chi connectivity index (χ0v) is 19.1. The summed E-state index contributed by atoms with van der Waals surface area (Å²) < 4.78 is 20.9. The van der Waals surface area contributed by atoms with Crippen LogP contribution in [0, 0.1) is 5.92 Å². The number of carboxylic acids is 1. The van der Waals surface area contributed by atoms with Crippen molar-refractivity contribution in [1.29, 1.82) is 0 Å². The van der Waals surface area contributed by atoms with E-state index in [0.29, 0.717) is 27.2 Å². The third-order valence-corrected chi connectivity index (χ3v) is 5.56. The molecule has 0 spiro atoms. The SMILES string of the molecule is CC(CF)C(C(=O)O)(c1ccc(Cl)cc1)n1ccc2c(NC(=O)OC(C)(C)C)cccc21. The van der Waals surface area contributed by atoms with Crippen LogP contribution in [0.3, 0.4) is 0 Å². The molecule has 2 N–H and O–H groups in total. The highest BCUT2D eigenvalue weighted by molar-refractivity contribution is 6.30. The second-order valence-corrected chi connectivity index (χ2v) is 9.12. The summed E-state index contributed by atoms with van der Waals surface area (Å²) in [6, 6.07) is 13.2. The maximum Gasteiger partial charge on any atom is 0.412 e. The van der Waals surface area contributed by atoms with E-state index in [1.807, 2.05) is 0 Å². The Bertz CT molecular complexity index is 1140. The number of aromatic nitrogens is 1. The van der Waals surface area contributed by atoms with E-state index in [-0.39, 0.29) is 0 Å². The molecule has 0 fully saturated rings. The molecule has 32 heavy (non-hydrogen) atoms. The molecule has 0 aliphatic heterocycles. The van der Waals surface area contributed by atoms with Crippen molar-refractivity contribution in [2.45, 2.75) is 38.8 Å². The minimum absolute atomic E-state index is 0.391. The number of hydrogen-bond donors (Lipinski definition) is 2. The van der Waals surface area contributed by atoms with Gasteiger partial charge < -0.3 is 14.4 Å². The quantitative estimate of drug-likeness (QED) is 0.467. The van der Waals surface area contributed by atoms with Gasteiger partial charge in [-0.05, 0) is 56.7 Å². The van der Waals surface area contributed by atoms with Crippen molar-refractivity contribution in [3.05, 3.63) is 65.3 Å². The molecule has 3 rings (SSSR count). The van der Waals surface area contributed by atoms with Crippen molar-refractivity contribution < 1.29 is 23.8 Å². The molecule has 1 heterocycles. The monoisotopic (exact) mass is 460 g/mol. The first-order chi connectivity index (χ1) is 15.0. The minimum atomic E-state index is -1.73. The van der Waals surface area contributed by atoms with E-state index in [1.54, 1.807) is 87.0 Å². The van der Waals surface area contributed by atoms with Crippen molar-refractivity contribution in [3.8, 4) is 0 Å². The summed E-state index contributed by atoms with van der Waals surface area (Å²) in [6.45, 7) is 5.97. The zero-order chi connectivity index (χ0) is 23.7. The van der Waals surface area contributed by atoms with Crippen LogP contribution in [0.1, 0.15) is 33.3 Å². The van der Waals surface area contributed by atoms with Gasteiger partial charge in [-0.3, -0.25) is 9.71 Å². The van der Waals surface area contributed by atoms with Gasteiger partial charge >= 0.3 is 12.1 Å². The summed E-state index contributed by atoms with van der Waals surface area (Å²) in [5.41, 5.74) is -1.03. The molecule has 0 aliphatic rings. The molecule has 170 valence electrons. The number of ether oxygens (including phenoxy) is 1. The Morgan fingerprint density at radius 1 is 1.16 bits per heavy atom. The average molecular weight is 461 g/mol. The van der Waals surface area contributed by atoms with E-state index in [2.05, 4.69) is 5.32 Å². The van der Waals surface area contributed by atoms with Gasteiger partial charge in [-0.2, -0.15) is 0 Å². The van der Waals surface area contributed by atoms with Crippen LogP contribution in [0.2, 0.25) is 5.02 Å². The zero-order valence-electron chi connectivity index (χ0n) is 18.4. The van der Waals surface area contributed by atoms with Crippen molar-refractivity contribution >= 4 is 40.3 Å².